The zero-order valence-electron chi connectivity index (χ0n) is 17.0. The molecule has 164 valence electrons. The summed E-state index contributed by atoms with van der Waals surface area (Å²) in [6, 6.07) is -3.58. The number of amides is 3. The molecule has 5 unspecified atom stereocenters. The lowest BCUT2D eigenvalue weighted by Crippen LogP contribution is -2.58. The molecule has 3 amide bonds. The van der Waals surface area contributed by atoms with E-state index in [0.29, 0.717) is 45.2 Å². The monoisotopic (exact) mass is 412 g/mol. The van der Waals surface area contributed by atoms with Crippen molar-refractivity contribution in [2.75, 3.05) is 19.7 Å². The zero-order chi connectivity index (χ0) is 21.7. The number of carbonyl (C=O) groups is 4. The number of aliphatic hydroxyl groups excluding tert-OH is 1. The third kappa shape index (κ3) is 5.05. The van der Waals surface area contributed by atoms with Crippen LogP contribution < -0.4 is 11.1 Å². The molecule has 0 spiro atoms. The first-order chi connectivity index (χ1) is 13.7. The zero-order valence-corrected chi connectivity index (χ0v) is 17.0. The Labute approximate surface area is 170 Å². The first-order valence-electron chi connectivity index (χ1n) is 10.2. The normalized spacial score (nSPS) is 24.8. The number of carboxylic acid groups (broad SMARTS) is 1. The highest BCUT2D eigenvalue weighted by Gasteiger charge is 2.41. The van der Waals surface area contributed by atoms with Gasteiger partial charge < -0.3 is 31.1 Å². The van der Waals surface area contributed by atoms with Gasteiger partial charge in [0.05, 0.1) is 6.61 Å². The van der Waals surface area contributed by atoms with Crippen LogP contribution in [0.3, 0.4) is 0 Å². The molecule has 0 radical (unpaired) electrons. The van der Waals surface area contributed by atoms with Crippen LogP contribution in [0.15, 0.2) is 0 Å². The second-order valence-corrected chi connectivity index (χ2v) is 7.88. The summed E-state index contributed by atoms with van der Waals surface area (Å²) in [4.78, 5) is 52.5. The van der Waals surface area contributed by atoms with Crippen LogP contribution in [0.2, 0.25) is 0 Å². The second-order valence-electron chi connectivity index (χ2n) is 7.88. The van der Waals surface area contributed by atoms with E-state index >= 15 is 0 Å². The Morgan fingerprint density at radius 2 is 1.62 bits per heavy atom. The van der Waals surface area contributed by atoms with Crippen molar-refractivity contribution in [1.82, 2.24) is 15.1 Å². The maximum Gasteiger partial charge on any atom is 0.326 e. The van der Waals surface area contributed by atoms with Crippen molar-refractivity contribution in [3.05, 3.63) is 0 Å². The molecule has 2 saturated heterocycles. The summed E-state index contributed by atoms with van der Waals surface area (Å²) in [7, 11) is 0. The largest absolute Gasteiger partial charge is 0.480 e. The highest BCUT2D eigenvalue weighted by molar-refractivity contribution is 5.94. The smallest absolute Gasteiger partial charge is 0.326 e. The molecule has 10 heteroatoms. The fourth-order valence-electron chi connectivity index (χ4n) is 3.99. The number of carbonyl (C=O) groups excluding carboxylic acids is 3. The van der Waals surface area contributed by atoms with Crippen LogP contribution in [0.5, 0.6) is 0 Å². The van der Waals surface area contributed by atoms with Crippen molar-refractivity contribution < 1.29 is 29.4 Å². The van der Waals surface area contributed by atoms with Gasteiger partial charge in [-0.1, -0.05) is 20.3 Å². The highest BCUT2D eigenvalue weighted by Crippen LogP contribution is 2.23. The van der Waals surface area contributed by atoms with Crippen molar-refractivity contribution >= 4 is 23.7 Å². The molecule has 10 nitrogen and oxygen atoms in total. The highest BCUT2D eigenvalue weighted by atomic mass is 16.4. The molecule has 0 bridgehead atoms. The number of likely N-dealkylation sites (tertiary alicyclic amines) is 2. The molecular formula is C19H32N4O6. The number of hydrogen-bond donors (Lipinski definition) is 4. The van der Waals surface area contributed by atoms with Gasteiger partial charge in [0, 0.05) is 13.1 Å². The van der Waals surface area contributed by atoms with Crippen LogP contribution in [0.25, 0.3) is 0 Å². The van der Waals surface area contributed by atoms with E-state index in [0.717, 1.165) is 0 Å². The van der Waals surface area contributed by atoms with E-state index < -0.39 is 54.5 Å². The predicted molar refractivity (Wildman–Crippen MR) is 104 cm³/mol. The number of carboxylic acids is 1. The minimum Gasteiger partial charge on any atom is -0.480 e. The third-order valence-electron chi connectivity index (χ3n) is 5.95. The lowest BCUT2D eigenvalue weighted by Gasteiger charge is -2.32. The van der Waals surface area contributed by atoms with E-state index in [2.05, 4.69) is 5.32 Å². The summed E-state index contributed by atoms with van der Waals surface area (Å²) in [5, 5.41) is 21.3. The van der Waals surface area contributed by atoms with Crippen molar-refractivity contribution in [3.63, 3.8) is 0 Å². The lowest BCUT2D eigenvalue weighted by molar-refractivity contribution is -0.150. The van der Waals surface area contributed by atoms with E-state index in [-0.39, 0.29) is 5.92 Å². The Balaban J connectivity index is 2.15. The molecule has 2 rings (SSSR count). The average molecular weight is 412 g/mol. The number of aliphatic hydroxyl groups is 1. The third-order valence-corrected chi connectivity index (χ3v) is 5.95. The molecule has 2 aliphatic rings. The van der Waals surface area contributed by atoms with E-state index in [4.69, 9.17) is 10.8 Å². The van der Waals surface area contributed by atoms with E-state index in [1.807, 2.05) is 13.8 Å². The number of rotatable bonds is 8. The van der Waals surface area contributed by atoms with Crippen LogP contribution in [0.1, 0.15) is 46.0 Å². The van der Waals surface area contributed by atoms with Gasteiger partial charge in [-0.25, -0.2) is 4.79 Å². The number of aliphatic carboxylic acids is 1. The standard InChI is InChI=1S/C19H32N4O6/c1-3-11(2)15(18(27)23-9-5-7-14(23)19(28)29)21-16(25)13-6-4-8-22(13)17(26)12(20)10-24/h11-15,24H,3-10,20H2,1-2H3,(H,21,25)(H,28,29). The Morgan fingerprint density at radius 3 is 2.14 bits per heavy atom. The Kier molecular flexibility index (Phi) is 7.97. The molecule has 2 aliphatic heterocycles. The van der Waals surface area contributed by atoms with Crippen LogP contribution in [-0.2, 0) is 19.2 Å². The van der Waals surface area contributed by atoms with Gasteiger partial charge in [0.15, 0.2) is 0 Å². The number of hydrogen-bond acceptors (Lipinski definition) is 6. The minimum atomic E-state index is -1.09. The molecule has 2 fully saturated rings. The van der Waals surface area contributed by atoms with E-state index in [9.17, 15) is 24.3 Å². The Morgan fingerprint density at radius 1 is 1.07 bits per heavy atom. The topological polar surface area (TPSA) is 153 Å². The summed E-state index contributed by atoms with van der Waals surface area (Å²) < 4.78 is 0. The molecule has 0 aromatic rings. The van der Waals surface area contributed by atoms with Gasteiger partial charge in [0.25, 0.3) is 0 Å². The molecule has 5 N–H and O–H groups in total. The maximum absolute atomic E-state index is 13.1. The first-order valence-corrected chi connectivity index (χ1v) is 10.2. The molecule has 5 atom stereocenters. The van der Waals surface area contributed by atoms with Gasteiger partial charge in [0.2, 0.25) is 17.7 Å². The van der Waals surface area contributed by atoms with Crippen LogP contribution in [0.4, 0.5) is 0 Å². The van der Waals surface area contributed by atoms with Crippen LogP contribution in [-0.4, -0.2) is 87.6 Å². The van der Waals surface area contributed by atoms with Crippen molar-refractivity contribution in [2.45, 2.75) is 70.1 Å². The van der Waals surface area contributed by atoms with E-state index in [1.54, 1.807) is 0 Å². The molecule has 2 heterocycles. The number of nitrogens with two attached hydrogens (primary N) is 1. The van der Waals surface area contributed by atoms with Gasteiger partial charge in [-0.2, -0.15) is 0 Å². The summed E-state index contributed by atoms with van der Waals surface area (Å²) in [5.74, 6) is -2.60. The van der Waals surface area contributed by atoms with Gasteiger partial charge >= 0.3 is 5.97 Å². The van der Waals surface area contributed by atoms with Crippen LogP contribution in [0, 0.1) is 5.92 Å². The maximum atomic E-state index is 13.1. The number of nitrogens with one attached hydrogen (secondary N) is 1. The van der Waals surface area contributed by atoms with Crippen LogP contribution >= 0.6 is 0 Å². The van der Waals surface area contributed by atoms with Gasteiger partial charge in [-0.05, 0) is 31.6 Å². The van der Waals surface area contributed by atoms with E-state index in [1.165, 1.54) is 9.80 Å². The molecule has 29 heavy (non-hydrogen) atoms. The predicted octanol–water partition coefficient (Wildman–Crippen LogP) is -1.10. The first kappa shape index (κ1) is 23.1. The fourth-order valence-corrected chi connectivity index (χ4v) is 3.99. The van der Waals surface area contributed by atoms with Crippen molar-refractivity contribution in [2.24, 2.45) is 11.7 Å². The Bertz CT molecular complexity index is 642. The molecule has 0 aliphatic carbocycles. The quantitative estimate of drug-likeness (QED) is 0.395. The summed E-state index contributed by atoms with van der Waals surface area (Å²) in [6.45, 7) is 3.91. The minimum absolute atomic E-state index is 0.202. The molecule has 0 aromatic heterocycles. The summed E-state index contributed by atoms with van der Waals surface area (Å²) >= 11 is 0. The second kappa shape index (κ2) is 10.0. The SMILES string of the molecule is CCC(C)C(NC(=O)C1CCCN1C(=O)C(N)CO)C(=O)N1CCCC1C(=O)O. The van der Waals surface area contributed by atoms with Crippen molar-refractivity contribution in [3.8, 4) is 0 Å². The molecule has 0 saturated carbocycles. The average Bonchev–Trinajstić information content (AvgIpc) is 3.39. The molecular weight excluding hydrogens is 380 g/mol. The lowest BCUT2D eigenvalue weighted by atomic mass is 9.96. The summed E-state index contributed by atoms with van der Waals surface area (Å²) in [5.41, 5.74) is 5.61. The van der Waals surface area contributed by atoms with Gasteiger partial charge in [-0.3, -0.25) is 14.4 Å². The number of nitrogens with zero attached hydrogens (tertiary/aromatic N) is 2. The van der Waals surface area contributed by atoms with Gasteiger partial charge in [-0.15, -0.1) is 0 Å². The fraction of sp³-hybridized carbons (Fsp3) is 0.789. The Hall–Kier alpha value is -2.20. The van der Waals surface area contributed by atoms with Gasteiger partial charge in [0.1, 0.15) is 24.2 Å². The summed E-state index contributed by atoms with van der Waals surface area (Å²) in [6.07, 6.45) is 2.68. The van der Waals surface area contributed by atoms with Crippen molar-refractivity contribution in [1.29, 1.82) is 0 Å². The molecule has 0 aromatic carbocycles.